The lowest BCUT2D eigenvalue weighted by molar-refractivity contribution is 0.663. The highest BCUT2D eigenvalue weighted by molar-refractivity contribution is 5.71. The van der Waals surface area contributed by atoms with Gasteiger partial charge in [0.15, 0.2) is 5.69 Å². The second-order valence-corrected chi connectivity index (χ2v) is 4.93. The van der Waals surface area contributed by atoms with Crippen molar-refractivity contribution in [3.63, 3.8) is 0 Å². The topological polar surface area (TPSA) is 41.6 Å². The van der Waals surface area contributed by atoms with E-state index in [0.717, 1.165) is 16.8 Å². The monoisotopic (exact) mass is 273 g/mol. The summed E-state index contributed by atoms with van der Waals surface area (Å²) in [5.41, 5.74) is 4.63. The molecule has 3 heteroatoms. The Balaban J connectivity index is 2.05. The van der Waals surface area contributed by atoms with Crippen LogP contribution in [0.4, 0.5) is 0 Å². The van der Waals surface area contributed by atoms with Gasteiger partial charge in [-0.2, -0.15) is 10.4 Å². The van der Waals surface area contributed by atoms with E-state index in [1.54, 1.807) is 0 Å². The van der Waals surface area contributed by atoms with Gasteiger partial charge in [0.2, 0.25) is 0 Å². The molecule has 3 nitrogen and oxygen atoms in total. The SMILES string of the molecule is Cc1c(-c2ccccc2)c(C#N)nn1Cc1ccccc1. The number of nitrogens with zero attached hydrogens (tertiary/aromatic N) is 3. The van der Waals surface area contributed by atoms with E-state index in [4.69, 9.17) is 0 Å². The summed E-state index contributed by atoms with van der Waals surface area (Å²) < 4.78 is 1.90. The molecule has 0 N–H and O–H groups in total. The van der Waals surface area contributed by atoms with Crippen molar-refractivity contribution < 1.29 is 0 Å². The summed E-state index contributed by atoms with van der Waals surface area (Å²) in [5, 5.41) is 13.8. The maximum atomic E-state index is 9.36. The van der Waals surface area contributed by atoms with Crippen LogP contribution in [0.3, 0.4) is 0 Å². The molecule has 0 atom stereocenters. The maximum absolute atomic E-state index is 9.36. The molecule has 1 heterocycles. The average Bonchev–Trinajstić information content (AvgIpc) is 2.85. The molecule has 21 heavy (non-hydrogen) atoms. The number of aromatic nitrogens is 2. The molecule has 3 rings (SSSR count). The van der Waals surface area contributed by atoms with E-state index in [-0.39, 0.29) is 0 Å². The molecule has 0 bridgehead atoms. The molecule has 0 amide bonds. The number of benzene rings is 2. The Morgan fingerprint density at radius 2 is 1.62 bits per heavy atom. The van der Waals surface area contributed by atoms with E-state index in [9.17, 15) is 5.26 Å². The molecule has 0 fully saturated rings. The minimum atomic E-state index is 0.481. The molecule has 0 aliphatic heterocycles. The lowest BCUT2D eigenvalue weighted by Gasteiger charge is -2.05. The van der Waals surface area contributed by atoms with E-state index in [1.807, 2.05) is 60.1 Å². The van der Waals surface area contributed by atoms with Gasteiger partial charge >= 0.3 is 0 Å². The minimum absolute atomic E-state index is 0.481. The summed E-state index contributed by atoms with van der Waals surface area (Å²) in [7, 11) is 0. The largest absolute Gasteiger partial charge is 0.263 e. The highest BCUT2D eigenvalue weighted by atomic mass is 15.3. The van der Waals surface area contributed by atoms with Gasteiger partial charge in [-0.15, -0.1) is 0 Å². The molecule has 0 saturated heterocycles. The van der Waals surface area contributed by atoms with Crippen LogP contribution in [0.2, 0.25) is 0 Å². The Morgan fingerprint density at radius 3 is 2.24 bits per heavy atom. The highest BCUT2D eigenvalue weighted by Gasteiger charge is 2.15. The molecule has 0 saturated carbocycles. The van der Waals surface area contributed by atoms with E-state index >= 15 is 0 Å². The molecule has 2 aromatic carbocycles. The summed E-state index contributed by atoms with van der Waals surface area (Å²) in [6.45, 7) is 2.69. The molecule has 3 aromatic rings. The summed E-state index contributed by atoms with van der Waals surface area (Å²) >= 11 is 0. The zero-order valence-corrected chi connectivity index (χ0v) is 11.8. The summed E-state index contributed by atoms with van der Waals surface area (Å²) in [6.07, 6.45) is 0. The van der Waals surface area contributed by atoms with Crippen molar-refractivity contribution in [1.82, 2.24) is 9.78 Å². The predicted molar refractivity (Wildman–Crippen MR) is 82.7 cm³/mol. The number of rotatable bonds is 3. The Hall–Kier alpha value is -2.86. The first-order valence-electron chi connectivity index (χ1n) is 6.86. The van der Waals surface area contributed by atoms with Gasteiger partial charge < -0.3 is 0 Å². The highest BCUT2D eigenvalue weighted by Crippen LogP contribution is 2.27. The van der Waals surface area contributed by atoms with Gasteiger partial charge in [-0.3, -0.25) is 4.68 Å². The second kappa shape index (κ2) is 5.64. The van der Waals surface area contributed by atoms with Crippen molar-refractivity contribution in [1.29, 1.82) is 5.26 Å². The molecule has 102 valence electrons. The number of hydrogen-bond acceptors (Lipinski definition) is 2. The van der Waals surface area contributed by atoms with Crippen LogP contribution >= 0.6 is 0 Å². The Kier molecular flexibility index (Phi) is 3.53. The van der Waals surface area contributed by atoms with Gasteiger partial charge in [0, 0.05) is 11.3 Å². The van der Waals surface area contributed by atoms with Gasteiger partial charge in [-0.05, 0) is 18.1 Å². The Morgan fingerprint density at radius 1 is 1.00 bits per heavy atom. The summed E-state index contributed by atoms with van der Waals surface area (Å²) in [5.74, 6) is 0. The smallest absolute Gasteiger partial charge is 0.170 e. The van der Waals surface area contributed by atoms with Crippen molar-refractivity contribution in [2.45, 2.75) is 13.5 Å². The molecular formula is C18H15N3. The normalized spacial score (nSPS) is 10.3. The second-order valence-electron chi connectivity index (χ2n) is 4.93. The van der Waals surface area contributed by atoms with Crippen molar-refractivity contribution >= 4 is 0 Å². The van der Waals surface area contributed by atoms with E-state index in [2.05, 4.69) is 23.3 Å². The third-order valence-electron chi connectivity index (χ3n) is 3.55. The fraction of sp³-hybridized carbons (Fsp3) is 0.111. The molecule has 0 unspecified atom stereocenters. The molecular weight excluding hydrogens is 258 g/mol. The molecule has 1 aromatic heterocycles. The zero-order chi connectivity index (χ0) is 14.7. The van der Waals surface area contributed by atoms with Crippen LogP contribution in [-0.4, -0.2) is 9.78 Å². The van der Waals surface area contributed by atoms with E-state index in [1.165, 1.54) is 5.56 Å². The third-order valence-corrected chi connectivity index (χ3v) is 3.55. The predicted octanol–water partition coefficient (Wildman–Crippen LogP) is 3.78. The van der Waals surface area contributed by atoms with Gasteiger partial charge in [-0.25, -0.2) is 0 Å². The van der Waals surface area contributed by atoms with Gasteiger partial charge in [-0.1, -0.05) is 60.7 Å². The van der Waals surface area contributed by atoms with Crippen LogP contribution in [-0.2, 0) is 6.54 Å². The number of hydrogen-bond donors (Lipinski definition) is 0. The first-order valence-corrected chi connectivity index (χ1v) is 6.86. The minimum Gasteiger partial charge on any atom is -0.263 e. The third kappa shape index (κ3) is 2.56. The van der Waals surface area contributed by atoms with Crippen molar-refractivity contribution in [3.8, 4) is 17.2 Å². The zero-order valence-electron chi connectivity index (χ0n) is 11.8. The van der Waals surface area contributed by atoms with Crippen molar-refractivity contribution in [2.75, 3.05) is 0 Å². The average molecular weight is 273 g/mol. The van der Waals surface area contributed by atoms with Crippen LogP contribution in [0.15, 0.2) is 60.7 Å². The first kappa shape index (κ1) is 13.1. The maximum Gasteiger partial charge on any atom is 0.170 e. The van der Waals surface area contributed by atoms with E-state index < -0.39 is 0 Å². The van der Waals surface area contributed by atoms with Crippen LogP contribution < -0.4 is 0 Å². The van der Waals surface area contributed by atoms with Crippen LogP contribution in [0.25, 0.3) is 11.1 Å². The lowest BCUT2D eigenvalue weighted by Crippen LogP contribution is -2.03. The molecule has 0 aliphatic rings. The molecule has 0 radical (unpaired) electrons. The first-order chi connectivity index (χ1) is 10.3. The standard InChI is InChI=1S/C18H15N3/c1-14-18(16-10-6-3-7-11-16)17(12-19)20-21(14)13-15-8-4-2-5-9-15/h2-11H,13H2,1H3. The van der Waals surface area contributed by atoms with Crippen molar-refractivity contribution in [3.05, 3.63) is 77.6 Å². The Labute approximate surface area is 124 Å². The molecule has 0 spiro atoms. The van der Waals surface area contributed by atoms with Gasteiger partial charge in [0.25, 0.3) is 0 Å². The summed E-state index contributed by atoms with van der Waals surface area (Å²) in [6, 6.07) is 22.3. The fourth-order valence-electron chi connectivity index (χ4n) is 2.49. The van der Waals surface area contributed by atoms with Gasteiger partial charge in [0.05, 0.1) is 6.54 Å². The molecule has 0 aliphatic carbocycles. The van der Waals surface area contributed by atoms with Crippen LogP contribution in [0.1, 0.15) is 17.0 Å². The van der Waals surface area contributed by atoms with Crippen molar-refractivity contribution in [2.24, 2.45) is 0 Å². The van der Waals surface area contributed by atoms with E-state index in [0.29, 0.717) is 12.2 Å². The number of nitriles is 1. The van der Waals surface area contributed by atoms with Crippen LogP contribution in [0.5, 0.6) is 0 Å². The quantitative estimate of drug-likeness (QED) is 0.728. The van der Waals surface area contributed by atoms with Gasteiger partial charge in [0.1, 0.15) is 6.07 Å². The lowest BCUT2D eigenvalue weighted by atomic mass is 10.0. The summed E-state index contributed by atoms with van der Waals surface area (Å²) in [4.78, 5) is 0. The Bertz CT molecular complexity index is 781. The fourth-order valence-corrected chi connectivity index (χ4v) is 2.49. The van der Waals surface area contributed by atoms with Crippen LogP contribution in [0, 0.1) is 18.3 Å².